The van der Waals surface area contributed by atoms with Crippen molar-refractivity contribution in [3.63, 3.8) is 0 Å². The predicted molar refractivity (Wildman–Crippen MR) is 148 cm³/mol. The molecule has 1 N–H and O–H groups in total. The van der Waals surface area contributed by atoms with E-state index in [-0.39, 0.29) is 24.9 Å². The summed E-state index contributed by atoms with van der Waals surface area (Å²) in [5.41, 5.74) is 4.29. The minimum Gasteiger partial charge on any atom is -0.491 e. The number of nitriles is 1. The molecule has 1 aromatic heterocycles. The maximum atomic E-state index is 13.0. The van der Waals surface area contributed by atoms with Crippen LogP contribution >= 0.6 is 34.7 Å². The van der Waals surface area contributed by atoms with Crippen LogP contribution in [0.4, 0.5) is 0 Å². The number of carbonyl (C=O) groups excluding carboxylic acids is 1. The first-order chi connectivity index (χ1) is 18.1. The number of aromatic nitrogens is 1. The van der Waals surface area contributed by atoms with Gasteiger partial charge in [0.2, 0.25) is 0 Å². The van der Waals surface area contributed by atoms with Gasteiger partial charge in [0.25, 0.3) is 0 Å². The molecule has 1 aliphatic carbocycles. The van der Waals surface area contributed by atoms with Crippen LogP contribution in [0.25, 0.3) is 10.6 Å². The van der Waals surface area contributed by atoms with Crippen molar-refractivity contribution in [3.8, 4) is 22.4 Å². The van der Waals surface area contributed by atoms with E-state index in [1.165, 1.54) is 11.8 Å². The average Bonchev–Trinajstić information content (AvgIpc) is 3.40. The maximum Gasteiger partial charge on any atom is 0.161 e. The lowest BCUT2D eigenvalue weighted by atomic mass is 9.74. The molecule has 0 amide bonds. The molecule has 37 heavy (non-hydrogen) atoms. The normalized spacial score (nSPS) is 19.3. The van der Waals surface area contributed by atoms with Crippen molar-refractivity contribution < 1.29 is 14.6 Å². The lowest BCUT2D eigenvalue weighted by Gasteiger charge is -2.33. The minimum absolute atomic E-state index is 0.0666. The Morgan fingerprint density at radius 2 is 1.95 bits per heavy atom. The topological polar surface area (TPSA) is 95.6 Å². The van der Waals surface area contributed by atoms with Gasteiger partial charge in [0.05, 0.1) is 23.4 Å². The summed E-state index contributed by atoms with van der Waals surface area (Å²) in [6, 6.07) is 17.5. The zero-order valence-corrected chi connectivity index (χ0v) is 22.3. The number of ether oxygens (including phenoxy) is 1. The van der Waals surface area contributed by atoms with Crippen LogP contribution in [-0.2, 0) is 10.5 Å². The summed E-state index contributed by atoms with van der Waals surface area (Å²) in [4.78, 5) is 22.6. The van der Waals surface area contributed by atoms with Crippen molar-refractivity contribution in [2.24, 2.45) is 10.9 Å². The molecule has 2 aromatic carbocycles. The number of nitrogens with zero attached hydrogens (tertiary/aromatic N) is 3. The zero-order chi connectivity index (χ0) is 25.8. The van der Waals surface area contributed by atoms with E-state index in [2.05, 4.69) is 6.07 Å². The predicted octanol–water partition coefficient (Wildman–Crippen LogP) is 6.41. The fraction of sp³-hybridized carbons (Fsp3) is 0.286. The van der Waals surface area contributed by atoms with Crippen LogP contribution in [0.1, 0.15) is 36.4 Å². The van der Waals surface area contributed by atoms with Gasteiger partial charge in [-0.05, 0) is 42.7 Å². The molecule has 0 saturated carbocycles. The number of aliphatic hydroxyl groups excluding tert-OH is 1. The number of thiazole rings is 1. The Kier molecular flexibility index (Phi) is 8.06. The maximum absolute atomic E-state index is 13.0. The van der Waals surface area contributed by atoms with E-state index in [1.54, 1.807) is 11.3 Å². The second kappa shape index (κ2) is 11.6. The number of ketones is 1. The lowest BCUT2D eigenvalue weighted by molar-refractivity contribution is -0.116. The molecule has 5 rings (SSSR count). The summed E-state index contributed by atoms with van der Waals surface area (Å²) in [6.07, 6.45) is 1.98. The summed E-state index contributed by atoms with van der Waals surface area (Å²) in [6.45, 7) is 0.143. The third kappa shape index (κ3) is 5.65. The van der Waals surface area contributed by atoms with E-state index in [4.69, 9.17) is 31.4 Å². The fourth-order valence-corrected chi connectivity index (χ4v) is 6.66. The summed E-state index contributed by atoms with van der Waals surface area (Å²) in [5, 5.41) is 23.6. The van der Waals surface area contributed by atoms with E-state index in [0.29, 0.717) is 28.5 Å². The Hall–Kier alpha value is -2.96. The molecule has 3 aromatic rings. The van der Waals surface area contributed by atoms with Crippen molar-refractivity contribution in [1.82, 2.24) is 4.98 Å². The van der Waals surface area contributed by atoms with E-state index < -0.39 is 5.92 Å². The first-order valence-electron chi connectivity index (χ1n) is 12.0. The highest BCUT2D eigenvalue weighted by Crippen LogP contribution is 2.45. The molecule has 0 saturated heterocycles. The molecular formula is C28H24ClN3O3S2. The number of thioether (sulfide) groups is 1. The van der Waals surface area contributed by atoms with Crippen molar-refractivity contribution in [3.05, 3.63) is 81.5 Å². The van der Waals surface area contributed by atoms with Crippen LogP contribution in [0.3, 0.4) is 0 Å². The number of aliphatic hydroxyl groups is 1. The van der Waals surface area contributed by atoms with E-state index in [9.17, 15) is 10.1 Å². The van der Waals surface area contributed by atoms with Gasteiger partial charge in [-0.2, -0.15) is 5.26 Å². The molecule has 0 bridgehead atoms. The van der Waals surface area contributed by atoms with E-state index >= 15 is 0 Å². The highest BCUT2D eigenvalue weighted by Gasteiger charge is 2.40. The second-order valence-corrected chi connectivity index (χ2v) is 11.0. The fourth-order valence-electron chi connectivity index (χ4n) is 4.62. The molecule has 0 fully saturated rings. The summed E-state index contributed by atoms with van der Waals surface area (Å²) in [5.74, 6) is 0.351. The Morgan fingerprint density at radius 3 is 2.68 bits per heavy atom. The molecule has 2 atom stereocenters. The third-order valence-electron chi connectivity index (χ3n) is 6.33. The Bertz CT molecular complexity index is 1390. The van der Waals surface area contributed by atoms with Crippen molar-refractivity contribution in [2.45, 2.75) is 30.9 Å². The number of halogens is 1. The van der Waals surface area contributed by atoms with Gasteiger partial charge in [0, 0.05) is 45.3 Å². The second-order valence-electron chi connectivity index (χ2n) is 8.75. The molecule has 1 aliphatic heterocycles. The Morgan fingerprint density at radius 1 is 1.16 bits per heavy atom. The Labute approximate surface area is 228 Å². The van der Waals surface area contributed by atoms with Gasteiger partial charge in [0.15, 0.2) is 5.78 Å². The summed E-state index contributed by atoms with van der Waals surface area (Å²) < 4.78 is 5.49. The number of allylic oxidation sites excluding steroid dienone is 2. The number of Topliss-reactive ketones (excluding diaryl/α,β-unsaturated/α-hetero) is 1. The van der Waals surface area contributed by atoms with Crippen LogP contribution in [0.5, 0.6) is 5.75 Å². The zero-order valence-electron chi connectivity index (χ0n) is 19.9. The molecule has 2 unspecified atom stereocenters. The molecule has 0 radical (unpaired) electrons. The van der Waals surface area contributed by atoms with Crippen LogP contribution in [0.15, 0.2) is 70.2 Å². The van der Waals surface area contributed by atoms with E-state index in [1.807, 2.05) is 53.9 Å². The van der Waals surface area contributed by atoms with Gasteiger partial charge in [-0.25, -0.2) is 9.98 Å². The number of aliphatic imine (C=N–C) groups is 1. The molecular weight excluding hydrogens is 526 g/mol. The summed E-state index contributed by atoms with van der Waals surface area (Å²) in [7, 11) is 0. The molecule has 6 nitrogen and oxygen atoms in total. The van der Waals surface area contributed by atoms with Gasteiger partial charge in [-0.1, -0.05) is 35.9 Å². The number of hydrogen-bond acceptors (Lipinski definition) is 8. The van der Waals surface area contributed by atoms with E-state index in [0.717, 1.165) is 45.4 Å². The largest absolute Gasteiger partial charge is 0.491 e. The lowest BCUT2D eigenvalue weighted by Crippen LogP contribution is -2.30. The molecule has 0 spiro atoms. The monoisotopic (exact) mass is 549 g/mol. The molecule has 9 heteroatoms. The molecule has 188 valence electrons. The number of benzene rings is 2. The van der Waals surface area contributed by atoms with Crippen molar-refractivity contribution in [1.29, 1.82) is 5.26 Å². The first-order valence-corrected chi connectivity index (χ1v) is 14.2. The smallest absolute Gasteiger partial charge is 0.161 e. The van der Waals surface area contributed by atoms with Gasteiger partial charge >= 0.3 is 0 Å². The van der Waals surface area contributed by atoms with Gasteiger partial charge in [0.1, 0.15) is 23.3 Å². The van der Waals surface area contributed by atoms with Crippen LogP contribution in [0.2, 0.25) is 5.02 Å². The average molecular weight is 550 g/mol. The van der Waals surface area contributed by atoms with Gasteiger partial charge in [-0.15, -0.1) is 23.1 Å². The SMILES string of the molecule is N#CC1C(SCc2csc(-c3ccc(Cl)cc3)n2)=NC2=C(C(=O)CCC2)C1c1ccc(OCCO)cc1. The van der Waals surface area contributed by atoms with Crippen molar-refractivity contribution >= 4 is 45.5 Å². The number of hydrogen-bond donors (Lipinski definition) is 1. The number of rotatable bonds is 7. The quantitative estimate of drug-likeness (QED) is 0.366. The summed E-state index contributed by atoms with van der Waals surface area (Å²) >= 11 is 9.10. The Balaban J connectivity index is 1.40. The standard InChI is InChI=1S/C28H24ClN3O3S2/c29-19-8-4-18(5-9-19)27-31-20(15-36-27)16-37-28-22(14-30)25(26-23(32-28)2-1-3-24(26)34)17-6-10-21(11-7-17)35-13-12-33/h4-11,15,22,25,33H,1-3,12-13,16H2. The van der Waals surface area contributed by atoms with Crippen molar-refractivity contribution in [2.75, 3.05) is 13.2 Å². The molecule has 2 aliphatic rings. The van der Waals surface area contributed by atoms with Crippen LogP contribution in [0, 0.1) is 17.2 Å². The number of carbonyl (C=O) groups is 1. The highest BCUT2D eigenvalue weighted by molar-refractivity contribution is 8.13. The minimum atomic E-state index is -0.565. The highest BCUT2D eigenvalue weighted by atomic mass is 35.5. The molecule has 2 heterocycles. The van der Waals surface area contributed by atoms with Gasteiger partial charge in [-0.3, -0.25) is 4.79 Å². The van der Waals surface area contributed by atoms with Gasteiger partial charge < -0.3 is 9.84 Å². The first kappa shape index (κ1) is 25.7. The van der Waals surface area contributed by atoms with Crippen LogP contribution in [-0.4, -0.2) is 34.1 Å². The third-order valence-corrected chi connectivity index (χ3v) is 8.61. The van der Waals surface area contributed by atoms with Crippen LogP contribution < -0.4 is 4.74 Å².